The lowest BCUT2D eigenvalue weighted by atomic mass is 10.1. The van der Waals surface area contributed by atoms with Crippen molar-refractivity contribution in [1.82, 2.24) is 10.2 Å². The molecular weight excluding hydrogens is 380 g/mol. The van der Waals surface area contributed by atoms with E-state index in [0.29, 0.717) is 25.4 Å². The topological polar surface area (TPSA) is 67.9 Å². The van der Waals surface area contributed by atoms with Crippen LogP contribution in [0.4, 0.5) is 0 Å². The van der Waals surface area contributed by atoms with Crippen molar-refractivity contribution in [3.8, 4) is 5.75 Å². The summed E-state index contributed by atoms with van der Waals surface area (Å²) in [6.07, 6.45) is 0.892. The van der Waals surface area contributed by atoms with Crippen LogP contribution in [0, 0.1) is 0 Å². The predicted molar refractivity (Wildman–Crippen MR) is 117 cm³/mol. The second kappa shape index (κ2) is 12.6. The van der Waals surface area contributed by atoms with Crippen LogP contribution in [0.25, 0.3) is 0 Å². The molecule has 1 atom stereocenters. The minimum Gasteiger partial charge on any atom is -0.484 e. The zero-order chi connectivity index (χ0) is 21.8. The first-order valence-electron chi connectivity index (χ1n) is 10.4. The number of para-hydroxylation sites is 1. The molecule has 30 heavy (non-hydrogen) atoms. The van der Waals surface area contributed by atoms with Crippen LogP contribution in [-0.4, -0.2) is 48.6 Å². The summed E-state index contributed by atoms with van der Waals surface area (Å²) in [5, 5.41) is 2.90. The molecule has 2 rings (SSSR count). The summed E-state index contributed by atoms with van der Waals surface area (Å²) >= 11 is 0. The number of nitrogens with zero attached hydrogens (tertiary/aromatic N) is 1. The van der Waals surface area contributed by atoms with Gasteiger partial charge >= 0.3 is 0 Å². The van der Waals surface area contributed by atoms with Gasteiger partial charge in [-0.3, -0.25) is 9.59 Å². The summed E-state index contributed by atoms with van der Waals surface area (Å²) in [4.78, 5) is 27.1. The van der Waals surface area contributed by atoms with E-state index in [9.17, 15) is 9.59 Å². The molecule has 1 N–H and O–H groups in total. The van der Waals surface area contributed by atoms with Crippen molar-refractivity contribution >= 4 is 11.8 Å². The predicted octanol–water partition coefficient (Wildman–Crippen LogP) is 3.41. The average molecular weight is 413 g/mol. The Kier molecular flexibility index (Phi) is 9.87. The van der Waals surface area contributed by atoms with Crippen LogP contribution in [-0.2, 0) is 20.9 Å². The summed E-state index contributed by atoms with van der Waals surface area (Å²) in [6.45, 7) is 6.99. The molecule has 0 aromatic heterocycles. The number of benzene rings is 2. The van der Waals surface area contributed by atoms with Crippen LogP contribution < -0.4 is 10.1 Å². The Hall–Kier alpha value is -2.86. The Balaban J connectivity index is 1.97. The molecular formula is C24H32N2O4. The zero-order valence-electron chi connectivity index (χ0n) is 18.0. The Morgan fingerprint density at radius 3 is 2.23 bits per heavy atom. The van der Waals surface area contributed by atoms with Gasteiger partial charge in [0.15, 0.2) is 6.61 Å². The minimum atomic E-state index is -0.622. The van der Waals surface area contributed by atoms with Gasteiger partial charge in [-0.05, 0) is 44.9 Å². The van der Waals surface area contributed by atoms with Crippen molar-refractivity contribution in [3.63, 3.8) is 0 Å². The van der Waals surface area contributed by atoms with Gasteiger partial charge in [-0.2, -0.15) is 0 Å². The van der Waals surface area contributed by atoms with Crippen molar-refractivity contribution in [3.05, 3.63) is 66.2 Å². The first-order valence-corrected chi connectivity index (χ1v) is 10.4. The molecule has 1 unspecified atom stereocenters. The molecule has 2 amide bonds. The highest BCUT2D eigenvalue weighted by atomic mass is 16.5. The van der Waals surface area contributed by atoms with Crippen LogP contribution >= 0.6 is 0 Å². The lowest BCUT2D eigenvalue weighted by Crippen LogP contribution is -2.49. The normalized spacial score (nSPS) is 11.7. The Labute approximate surface area is 179 Å². The molecule has 0 saturated heterocycles. The van der Waals surface area contributed by atoms with E-state index in [1.807, 2.05) is 62.4 Å². The molecule has 162 valence electrons. The van der Waals surface area contributed by atoms with Gasteiger partial charge < -0.3 is 19.7 Å². The van der Waals surface area contributed by atoms with Crippen molar-refractivity contribution in [2.75, 3.05) is 19.8 Å². The first-order chi connectivity index (χ1) is 14.5. The number of carbonyl (C=O) groups excluding carboxylic acids is 2. The molecule has 0 aliphatic carbocycles. The number of carbonyl (C=O) groups is 2. The van der Waals surface area contributed by atoms with Crippen LogP contribution in [0.3, 0.4) is 0 Å². The summed E-state index contributed by atoms with van der Waals surface area (Å²) < 4.78 is 11.1. The van der Waals surface area contributed by atoms with E-state index in [2.05, 4.69) is 5.32 Å². The molecule has 0 fully saturated rings. The lowest BCUT2D eigenvalue weighted by Gasteiger charge is -2.28. The molecule has 0 bridgehead atoms. The van der Waals surface area contributed by atoms with Gasteiger partial charge in [-0.1, -0.05) is 48.5 Å². The molecule has 2 aromatic carbocycles. The quantitative estimate of drug-likeness (QED) is 0.543. The number of amides is 2. The monoisotopic (exact) mass is 412 g/mol. The fourth-order valence-electron chi connectivity index (χ4n) is 2.86. The Bertz CT molecular complexity index is 765. The summed E-state index contributed by atoms with van der Waals surface area (Å²) in [5.41, 5.74) is 0.954. The standard InChI is InChI=1S/C24H32N2O4/c1-19(2)29-16-10-15-25-24(28)20(3)26(17-21-11-6-4-7-12-21)23(27)18-30-22-13-8-5-9-14-22/h4-9,11-14,19-20H,10,15-18H2,1-3H3,(H,25,28). The number of rotatable bonds is 12. The van der Waals surface area contributed by atoms with Crippen molar-refractivity contribution < 1.29 is 19.1 Å². The summed E-state index contributed by atoms with van der Waals surface area (Å²) in [5.74, 6) is 0.185. The highest BCUT2D eigenvalue weighted by Gasteiger charge is 2.26. The summed E-state index contributed by atoms with van der Waals surface area (Å²) in [7, 11) is 0. The zero-order valence-corrected chi connectivity index (χ0v) is 18.0. The highest BCUT2D eigenvalue weighted by Crippen LogP contribution is 2.12. The van der Waals surface area contributed by atoms with Gasteiger partial charge in [-0.25, -0.2) is 0 Å². The fraction of sp³-hybridized carbons (Fsp3) is 0.417. The maximum absolute atomic E-state index is 12.9. The van der Waals surface area contributed by atoms with Gasteiger partial charge in [0, 0.05) is 19.7 Å². The molecule has 6 heteroatoms. The number of hydrogen-bond donors (Lipinski definition) is 1. The van der Waals surface area contributed by atoms with E-state index in [4.69, 9.17) is 9.47 Å². The Morgan fingerprint density at radius 1 is 0.967 bits per heavy atom. The number of nitrogens with one attached hydrogen (secondary N) is 1. The molecule has 2 aromatic rings. The van der Waals surface area contributed by atoms with E-state index < -0.39 is 6.04 Å². The molecule has 0 heterocycles. The van der Waals surface area contributed by atoms with Crippen molar-refractivity contribution in [2.24, 2.45) is 0 Å². The largest absolute Gasteiger partial charge is 0.484 e. The third-order valence-electron chi connectivity index (χ3n) is 4.54. The second-order valence-electron chi connectivity index (χ2n) is 7.35. The molecule has 0 saturated carbocycles. The van der Waals surface area contributed by atoms with Crippen LogP contribution in [0.15, 0.2) is 60.7 Å². The van der Waals surface area contributed by atoms with Crippen LogP contribution in [0.1, 0.15) is 32.8 Å². The van der Waals surface area contributed by atoms with Crippen LogP contribution in [0.5, 0.6) is 5.75 Å². The van der Waals surface area contributed by atoms with E-state index in [0.717, 1.165) is 12.0 Å². The molecule has 0 spiro atoms. The smallest absolute Gasteiger partial charge is 0.261 e. The van der Waals surface area contributed by atoms with Crippen molar-refractivity contribution in [1.29, 1.82) is 0 Å². The van der Waals surface area contributed by atoms with Gasteiger partial charge in [0.05, 0.1) is 6.10 Å². The maximum Gasteiger partial charge on any atom is 0.261 e. The number of ether oxygens (including phenoxy) is 2. The van der Waals surface area contributed by atoms with E-state index in [1.54, 1.807) is 24.0 Å². The first kappa shape index (κ1) is 23.4. The molecule has 6 nitrogen and oxygen atoms in total. The van der Waals surface area contributed by atoms with Crippen molar-refractivity contribution in [2.45, 2.75) is 45.9 Å². The minimum absolute atomic E-state index is 0.128. The second-order valence-corrected chi connectivity index (χ2v) is 7.35. The van der Waals surface area contributed by atoms with Gasteiger partial charge in [0.1, 0.15) is 11.8 Å². The Morgan fingerprint density at radius 2 is 1.60 bits per heavy atom. The number of hydrogen-bond acceptors (Lipinski definition) is 4. The lowest BCUT2D eigenvalue weighted by molar-refractivity contribution is -0.142. The highest BCUT2D eigenvalue weighted by molar-refractivity contribution is 5.87. The molecule has 0 aliphatic rings. The summed E-state index contributed by atoms with van der Waals surface area (Å²) in [6, 6.07) is 18.2. The van der Waals surface area contributed by atoms with Crippen LogP contribution in [0.2, 0.25) is 0 Å². The molecule has 0 radical (unpaired) electrons. The van der Waals surface area contributed by atoms with Gasteiger partial charge in [0.25, 0.3) is 5.91 Å². The third kappa shape index (κ3) is 8.25. The van der Waals surface area contributed by atoms with E-state index >= 15 is 0 Å². The van der Waals surface area contributed by atoms with Gasteiger partial charge in [0.2, 0.25) is 5.91 Å². The molecule has 0 aliphatic heterocycles. The third-order valence-corrected chi connectivity index (χ3v) is 4.54. The van der Waals surface area contributed by atoms with Gasteiger partial charge in [-0.15, -0.1) is 0 Å². The van der Waals surface area contributed by atoms with E-state index in [1.165, 1.54) is 0 Å². The average Bonchev–Trinajstić information content (AvgIpc) is 2.76. The van der Waals surface area contributed by atoms with E-state index in [-0.39, 0.29) is 24.5 Å². The maximum atomic E-state index is 12.9. The fourth-order valence-corrected chi connectivity index (χ4v) is 2.86. The SMILES string of the molecule is CC(C)OCCCNC(=O)C(C)N(Cc1ccccc1)C(=O)COc1ccccc1.